The normalized spacial score (nSPS) is 26.2. The Balaban J connectivity index is 1.75. The van der Waals surface area contributed by atoms with Gasteiger partial charge in [-0.1, -0.05) is 6.07 Å². The Bertz CT molecular complexity index is 471. The molecule has 3 heterocycles. The molecule has 1 aromatic rings. The Kier molecular flexibility index (Phi) is 3.41. The zero-order valence-electron chi connectivity index (χ0n) is 10.4. The van der Waals surface area contributed by atoms with E-state index in [0.717, 1.165) is 5.56 Å². The molecule has 2 atom stereocenters. The summed E-state index contributed by atoms with van der Waals surface area (Å²) in [4.78, 5) is 22.4. The van der Waals surface area contributed by atoms with Crippen LogP contribution in [0.3, 0.4) is 0 Å². The molecule has 19 heavy (non-hydrogen) atoms. The third kappa shape index (κ3) is 2.44. The van der Waals surface area contributed by atoms with Crippen molar-refractivity contribution in [2.45, 2.75) is 12.1 Å². The van der Waals surface area contributed by atoms with Gasteiger partial charge in [0.1, 0.15) is 0 Å². The van der Waals surface area contributed by atoms with Crippen molar-refractivity contribution < 1.29 is 14.3 Å². The number of hydrogen-bond donors (Lipinski definition) is 0. The topological polar surface area (TPSA) is 64.0 Å². The highest BCUT2D eigenvalue weighted by molar-refractivity contribution is 5.85. The number of ether oxygens (including phenoxy) is 2. The van der Waals surface area contributed by atoms with Gasteiger partial charge in [0.15, 0.2) is 18.5 Å². The van der Waals surface area contributed by atoms with E-state index >= 15 is 0 Å². The lowest BCUT2D eigenvalue weighted by Gasteiger charge is -2.29. The molecule has 1 amide bonds. The van der Waals surface area contributed by atoms with Crippen LogP contribution in [0.1, 0.15) is 11.7 Å². The molecule has 100 valence electrons. The largest absolute Gasteiger partial charge is 0.473 e. The van der Waals surface area contributed by atoms with Crippen LogP contribution in [0.5, 0.6) is 0 Å². The molecule has 0 spiro atoms. The van der Waals surface area contributed by atoms with Crippen molar-refractivity contribution in [1.82, 2.24) is 9.88 Å². The van der Waals surface area contributed by atoms with E-state index in [0.29, 0.717) is 26.3 Å². The molecule has 6 nitrogen and oxygen atoms in total. The summed E-state index contributed by atoms with van der Waals surface area (Å²) in [5.41, 5.74) is 0.867. The second-order valence-electron chi connectivity index (χ2n) is 4.48. The van der Waals surface area contributed by atoms with Crippen molar-refractivity contribution in [3.8, 4) is 0 Å². The van der Waals surface area contributed by atoms with Crippen molar-refractivity contribution >= 4 is 12.3 Å². The summed E-state index contributed by atoms with van der Waals surface area (Å²) in [7, 11) is 0. The number of carbonyl (C=O) groups is 1. The van der Waals surface area contributed by atoms with E-state index in [2.05, 4.69) is 9.98 Å². The fraction of sp³-hybridized carbons (Fsp3) is 0.462. The van der Waals surface area contributed by atoms with Crippen LogP contribution in [0, 0.1) is 0 Å². The monoisotopic (exact) mass is 261 g/mol. The molecule has 1 aromatic heterocycles. The molecular formula is C13H15N3O3. The highest BCUT2D eigenvalue weighted by atomic mass is 16.5. The second kappa shape index (κ2) is 5.36. The minimum Gasteiger partial charge on any atom is -0.473 e. The fourth-order valence-electron chi connectivity index (χ4n) is 2.29. The Morgan fingerprint density at radius 3 is 2.95 bits per heavy atom. The first-order chi connectivity index (χ1) is 9.36. The summed E-state index contributed by atoms with van der Waals surface area (Å²) >= 11 is 0. The van der Waals surface area contributed by atoms with Gasteiger partial charge in [-0.2, -0.15) is 0 Å². The van der Waals surface area contributed by atoms with Gasteiger partial charge in [-0.25, -0.2) is 4.99 Å². The number of hydrogen-bond acceptors (Lipinski definition) is 5. The van der Waals surface area contributed by atoms with Crippen LogP contribution in [0.25, 0.3) is 0 Å². The summed E-state index contributed by atoms with van der Waals surface area (Å²) in [6.07, 6.45) is 4.39. The number of aromatic nitrogens is 1. The molecule has 0 aliphatic carbocycles. The van der Waals surface area contributed by atoms with Crippen molar-refractivity contribution in [3.05, 3.63) is 30.1 Å². The highest BCUT2D eigenvalue weighted by Gasteiger charge is 2.37. The van der Waals surface area contributed by atoms with Crippen LogP contribution in [0.4, 0.5) is 0 Å². The maximum absolute atomic E-state index is 12.4. The number of amides is 1. The average molecular weight is 261 g/mol. The van der Waals surface area contributed by atoms with Gasteiger partial charge in [-0.15, -0.1) is 0 Å². The zero-order chi connectivity index (χ0) is 13.1. The number of carbonyl (C=O) groups excluding carboxylic acids is 1. The SMILES string of the molecule is O=C(C1N=COC1c1cccnc1)N1CCOCC1. The van der Waals surface area contributed by atoms with Crippen LogP contribution in [-0.4, -0.2) is 54.5 Å². The first kappa shape index (κ1) is 12.1. The van der Waals surface area contributed by atoms with E-state index in [4.69, 9.17) is 9.47 Å². The number of nitrogens with zero attached hydrogens (tertiary/aromatic N) is 3. The Morgan fingerprint density at radius 1 is 1.37 bits per heavy atom. The Labute approximate surface area is 111 Å². The van der Waals surface area contributed by atoms with Crippen LogP contribution in [0.15, 0.2) is 29.5 Å². The van der Waals surface area contributed by atoms with E-state index in [-0.39, 0.29) is 12.0 Å². The van der Waals surface area contributed by atoms with Crippen molar-refractivity contribution in [2.75, 3.05) is 26.3 Å². The maximum Gasteiger partial charge on any atom is 0.251 e. The van der Waals surface area contributed by atoms with Crippen LogP contribution in [0.2, 0.25) is 0 Å². The van der Waals surface area contributed by atoms with Crippen molar-refractivity contribution in [1.29, 1.82) is 0 Å². The molecule has 0 aromatic carbocycles. The van der Waals surface area contributed by atoms with E-state index in [1.807, 2.05) is 12.1 Å². The van der Waals surface area contributed by atoms with E-state index in [1.54, 1.807) is 17.3 Å². The third-order valence-corrected chi connectivity index (χ3v) is 3.30. The maximum atomic E-state index is 12.4. The van der Waals surface area contributed by atoms with Gasteiger partial charge in [-0.05, 0) is 6.07 Å². The van der Waals surface area contributed by atoms with Gasteiger partial charge in [-0.3, -0.25) is 9.78 Å². The van der Waals surface area contributed by atoms with E-state index in [1.165, 1.54) is 6.40 Å². The molecule has 1 fully saturated rings. The smallest absolute Gasteiger partial charge is 0.251 e. The van der Waals surface area contributed by atoms with Crippen molar-refractivity contribution in [3.63, 3.8) is 0 Å². The van der Waals surface area contributed by atoms with Crippen LogP contribution >= 0.6 is 0 Å². The summed E-state index contributed by atoms with van der Waals surface area (Å²) in [5.74, 6) is -0.00842. The Hall–Kier alpha value is -1.95. The summed E-state index contributed by atoms with van der Waals surface area (Å²) in [6.45, 7) is 2.40. The molecule has 2 unspecified atom stereocenters. The molecule has 6 heteroatoms. The number of pyridine rings is 1. The number of aliphatic imine (C=N–C) groups is 1. The van der Waals surface area contributed by atoms with Gasteiger partial charge < -0.3 is 14.4 Å². The van der Waals surface area contributed by atoms with Gasteiger partial charge in [0.05, 0.1) is 13.2 Å². The Morgan fingerprint density at radius 2 is 2.21 bits per heavy atom. The minimum absolute atomic E-state index is 0.00842. The molecule has 0 saturated carbocycles. The lowest BCUT2D eigenvalue weighted by atomic mass is 10.0. The predicted molar refractivity (Wildman–Crippen MR) is 67.7 cm³/mol. The van der Waals surface area contributed by atoms with E-state index < -0.39 is 6.04 Å². The van der Waals surface area contributed by atoms with Crippen LogP contribution < -0.4 is 0 Å². The van der Waals surface area contributed by atoms with Gasteiger partial charge in [0.2, 0.25) is 0 Å². The molecule has 2 aliphatic heterocycles. The molecule has 0 N–H and O–H groups in total. The second-order valence-corrected chi connectivity index (χ2v) is 4.48. The summed E-state index contributed by atoms with van der Waals surface area (Å²) < 4.78 is 10.7. The average Bonchev–Trinajstić information content (AvgIpc) is 2.98. The molecule has 3 rings (SSSR count). The first-order valence-corrected chi connectivity index (χ1v) is 6.30. The van der Waals surface area contributed by atoms with E-state index in [9.17, 15) is 4.79 Å². The molecule has 2 aliphatic rings. The fourth-order valence-corrected chi connectivity index (χ4v) is 2.29. The number of rotatable bonds is 2. The zero-order valence-corrected chi connectivity index (χ0v) is 10.4. The molecule has 1 saturated heterocycles. The quantitative estimate of drug-likeness (QED) is 0.773. The highest BCUT2D eigenvalue weighted by Crippen LogP contribution is 2.27. The lowest BCUT2D eigenvalue weighted by molar-refractivity contribution is -0.138. The predicted octanol–water partition coefficient (Wildman–Crippen LogP) is 0.409. The third-order valence-electron chi connectivity index (χ3n) is 3.30. The minimum atomic E-state index is -0.512. The standard InChI is InChI=1S/C13H15N3O3/c17-13(16-4-6-18-7-5-16)11-12(19-9-15-11)10-2-1-3-14-8-10/h1-3,8-9,11-12H,4-7H2. The van der Waals surface area contributed by atoms with Gasteiger partial charge in [0, 0.05) is 31.0 Å². The lowest BCUT2D eigenvalue weighted by Crippen LogP contribution is -2.46. The van der Waals surface area contributed by atoms with Gasteiger partial charge in [0.25, 0.3) is 5.91 Å². The molecular weight excluding hydrogens is 246 g/mol. The van der Waals surface area contributed by atoms with Crippen molar-refractivity contribution in [2.24, 2.45) is 4.99 Å². The van der Waals surface area contributed by atoms with Gasteiger partial charge >= 0.3 is 0 Å². The molecule has 0 radical (unpaired) electrons. The first-order valence-electron chi connectivity index (χ1n) is 6.30. The van der Waals surface area contributed by atoms with Crippen LogP contribution in [-0.2, 0) is 14.3 Å². The summed E-state index contributed by atoms with van der Waals surface area (Å²) in [6, 6.07) is 3.21. The molecule has 0 bridgehead atoms. The summed E-state index contributed by atoms with van der Waals surface area (Å²) in [5, 5.41) is 0. The number of morpholine rings is 1.